The second-order valence-electron chi connectivity index (χ2n) is 23.8. The first-order chi connectivity index (χ1) is 38.6. The fraction of sp³-hybridized carbons (Fsp3) is 0.814. The number of quaternary nitrogens is 1. The number of ether oxygens (including phenoxy) is 4. The third-order valence-electron chi connectivity index (χ3n) is 14.7. The van der Waals surface area contributed by atoms with Crippen molar-refractivity contribution in [3.8, 4) is 0 Å². The summed E-state index contributed by atoms with van der Waals surface area (Å²) in [5.74, 6) is -2.29. The van der Waals surface area contributed by atoms with E-state index >= 15 is 0 Å². The van der Waals surface area contributed by atoms with Crippen LogP contribution in [0.4, 0.5) is 0 Å². The number of hydrogen-bond donors (Lipinski definition) is 0. The predicted octanol–water partition coefficient (Wildman–Crippen LogP) is 19.0. The van der Waals surface area contributed by atoms with Gasteiger partial charge < -0.3 is 33.3 Å². The number of esters is 2. The molecular formula is C70H127NO8. The SMILES string of the molecule is CCCCC/C=C\C/C=C\C/C=C\CCCCCCCCC(=O)OC(COC(=O)CCCCCCCCCCCCCCCCCCCCCCCCC/C=C\C/C=C\CCCCCCC)COC(OCC[N+](C)(C)C)C(=O)[O-]. The van der Waals surface area contributed by atoms with Crippen LogP contribution in [0.25, 0.3) is 0 Å². The van der Waals surface area contributed by atoms with Crippen molar-refractivity contribution in [2.75, 3.05) is 47.5 Å². The van der Waals surface area contributed by atoms with Crippen molar-refractivity contribution in [2.45, 2.75) is 322 Å². The highest BCUT2D eigenvalue weighted by Crippen LogP contribution is 2.17. The minimum Gasteiger partial charge on any atom is -0.545 e. The highest BCUT2D eigenvalue weighted by atomic mass is 16.7. The van der Waals surface area contributed by atoms with Crippen LogP contribution in [0.2, 0.25) is 0 Å². The molecule has 0 N–H and O–H groups in total. The number of unbranched alkanes of at least 4 members (excludes halogenated alkanes) is 37. The first-order valence-corrected chi connectivity index (χ1v) is 33.4. The zero-order valence-electron chi connectivity index (χ0n) is 52.5. The Kier molecular flexibility index (Phi) is 58.7. The molecule has 0 aliphatic carbocycles. The van der Waals surface area contributed by atoms with Gasteiger partial charge in [0.25, 0.3) is 0 Å². The number of nitrogens with zero attached hydrogens (tertiary/aromatic N) is 1. The quantitative estimate of drug-likeness (QED) is 0.0195. The van der Waals surface area contributed by atoms with Gasteiger partial charge in [0.15, 0.2) is 12.4 Å². The molecule has 0 spiro atoms. The monoisotopic (exact) mass is 1110 g/mol. The number of hydrogen-bond acceptors (Lipinski definition) is 8. The lowest BCUT2D eigenvalue weighted by Gasteiger charge is -2.26. The molecule has 9 nitrogen and oxygen atoms in total. The molecular weight excluding hydrogens is 983 g/mol. The van der Waals surface area contributed by atoms with Gasteiger partial charge in [-0.25, -0.2) is 0 Å². The fourth-order valence-corrected chi connectivity index (χ4v) is 9.58. The van der Waals surface area contributed by atoms with Gasteiger partial charge in [0.2, 0.25) is 0 Å². The molecule has 0 aromatic heterocycles. The summed E-state index contributed by atoms with van der Waals surface area (Å²) < 4.78 is 22.7. The van der Waals surface area contributed by atoms with Crippen LogP contribution in [-0.4, -0.2) is 82.3 Å². The van der Waals surface area contributed by atoms with Crippen LogP contribution in [0.1, 0.15) is 309 Å². The second-order valence-corrected chi connectivity index (χ2v) is 23.8. The van der Waals surface area contributed by atoms with Crippen molar-refractivity contribution in [3.05, 3.63) is 60.8 Å². The number of allylic oxidation sites excluding steroid dienone is 10. The molecule has 2 atom stereocenters. The van der Waals surface area contributed by atoms with Crippen molar-refractivity contribution < 1.29 is 42.9 Å². The number of rotatable bonds is 62. The summed E-state index contributed by atoms with van der Waals surface area (Å²) in [4.78, 5) is 37.4. The largest absolute Gasteiger partial charge is 0.545 e. The summed E-state index contributed by atoms with van der Waals surface area (Å²) >= 11 is 0. The van der Waals surface area contributed by atoms with Crippen molar-refractivity contribution in [1.82, 2.24) is 0 Å². The Morgan fingerprint density at radius 3 is 1.04 bits per heavy atom. The Balaban J connectivity index is 4.04. The van der Waals surface area contributed by atoms with Crippen molar-refractivity contribution in [1.29, 1.82) is 0 Å². The van der Waals surface area contributed by atoms with Crippen LogP contribution in [0, 0.1) is 0 Å². The summed E-state index contributed by atoms with van der Waals surface area (Å²) in [6, 6.07) is 0. The summed E-state index contributed by atoms with van der Waals surface area (Å²) in [7, 11) is 5.93. The summed E-state index contributed by atoms with van der Waals surface area (Å²) in [5, 5.41) is 11.8. The third-order valence-corrected chi connectivity index (χ3v) is 14.7. The van der Waals surface area contributed by atoms with Gasteiger partial charge in [-0.2, -0.15) is 0 Å². The van der Waals surface area contributed by atoms with Gasteiger partial charge in [-0.3, -0.25) is 9.59 Å². The molecule has 460 valence electrons. The molecule has 0 saturated heterocycles. The van der Waals surface area contributed by atoms with E-state index in [9.17, 15) is 19.5 Å². The van der Waals surface area contributed by atoms with Gasteiger partial charge >= 0.3 is 11.9 Å². The highest BCUT2D eigenvalue weighted by Gasteiger charge is 2.22. The minimum absolute atomic E-state index is 0.145. The number of carbonyl (C=O) groups excluding carboxylic acids is 3. The maximum absolute atomic E-state index is 12.9. The number of carboxylic acids is 1. The van der Waals surface area contributed by atoms with E-state index in [4.69, 9.17) is 18.9 Å². The van der Waals surface area contributed by atoms with E-state index in [0.717, 1.165) is 77.0 Å². The first-order valence-electron chi connectivity index (χ1n) is 33.4. The normalized spacial score (nSPS) is 13.1. The molecule has 0 rings (SSSR count). The molecule has 0 heterocycles. The van der Waals surface area contributed by atoms with E-state index in [1.165, 1.54) is 199 Å². The van der Waals surface area contributed by atoms with Gasteiger partial charge in [-0.05, 0) is 83.5 Å². The summed E-state index contributed by atoms with van der Waals surface area (Å²) in [6.45, 7) is 4.73. The molecule has 0 bridgehead atoms. The molecule has 0 amide bonds. The molecule has 0 aliphatic heterocycles. The maximum atomic E-state index is 12.9. The van der Waals surface area contributed by atoms with E-state index in [1.807, 2.05) is 21.1 Å². The maximum Gasteiger partial charge on any atom is 0.306 e. The van der Waals surface area contributed by atoms with E-state index < -0.39 is 24.3 Å². The van der Waals surface area contributed by atoms with E-state index in [2.05, 4.69) is 74.6 Å². The van der Waals surface area contributed by atoms with E-state index in [1.54, 1.807) is 0 Å². The van der Waals surface area contributed by atoms with Crippen LogP contribution < -0.4 is 5.11 Å². The molecule has 0 radical (unpaired) electrons. The average molecular weight is 1110 g/mol. The van der Waals surface area contributed by atoms with Gasteiger partial charge in [0, 0.05) is 12.8 Å². The predicted molar refractivity (Wildman–Crippen MR) is 334 cm³/mol. The summed E-state index contributed by atoms with van der Waals surface area (Å²) in [5.41, 5.74) is 0. The molecule has 0 aliphatic rings. The fourth-order valence-electron chi connectivity index (χ4n) is 9.58. The Bertz CT molecular complexity index is 1480. The Hall–Kier alpha value is -3.01. The van der Waals surface area contributed by atoms with Crippen LogP contribution >= 0.6 is 0 Å². The molecule has 0 fully saturated rings. The molecule has 2 unspecified atom stereocenters. The van der Waals surface area contributed by atoms with Gasteiger partial charge in [-0.1, -0.05) is 274 Å². The van der Waals surface area contributed by atoms with Crippen LogP contribution in [-0.2, 0) is 33.3 Å². The van der Waals surface area contributed by atoms with Crippen LogP contribution in [0.5, 0.6) is 0 Å². The molecule has 79 heavy (non-hydrogen) atoms. The van der Waals surface area contributed by atoms with Gasteiger partial charge in [0.1, 0.15) is 13.2 Å². The number of likely N-dealkylation sites (N-methyl/N-ethyl adjacent to an activating group) is 1. The number of aliphatic carboxylic acids is 1. The highest BCUT2D eigenvalue weighted by molar-refractivity contribution is 5.70. The lowest BCUT2D eigenvalue weighted by Crippen LogP contribution is -2.44. The molecule has 0 saturated carbocycles. The first kappa shape index (κ1) is 76.0. The minimum atomic E-state index is -1.63. The van der Waals surface area contributed by atoms with E-state index in [0.29, 0.717) is 23.9 Å². The Labute approximate surface area is 488 Å². The second kappa shape index (κ2) is 61.1. The topological polar surface area (TPSA) is 111 Å². The van der Waals surface area contributed by atoms with Crippen LogP contribution in [0.3, 0.4) is 0 Å². The van der Waals surface area contributed by atoms with E-state index in [-0.39, 0.29) is 32.2 Å². The third kappa shape index (κ3) is 62.4. The lowest BCUT2D eigenvalue weighted by atomic mass is 10.0. The van der Waals surface area contributed by atoms with Crippen molar-refractivity contribution >= 4 is 17.9 Å². The van der Waals surface area contributed by atoms with Crippen LogP contribution in [0.15, 0.2) is 60.8 Å². The lowest BCUT2D eigenvalue weighted by molar-refractivity contribution is -0.870. The molecule has 9 heteroatoms. The molecule has 0 aromatic rings. The number of carbonyl (C=O) groups is 3. The molecule has 0 aromatic carbocycles. The average Bonchev–Trinajstić information content (AvgIpc) is 3.42. The summed E-state index contributed by atoms with van der Waals surface area (Å²) in [6.07, 6.45) is 75.9. The zero-order valence-corrected chi connectivity index (χ0v) is 52.5. The van der Waals surface area contributed by atoms with Gasteiger partial charge in [-0.15, -0.1) is 0 Å². The zero-order chi connectivity index (χ0) is 57.6. The Morgan fingerprint density at radius 2 is 0.684 bits per heavy atom. The van der Waals surface area contributed by atoms with Gasteiger partial charge in [0.05, 0.1) is 40.3 Å². The van der Waals surface area contributed by atoms with Crippen molar-refractivity contribution in [3.63, 3.8) is 0 Å². The standard InChI is InChI=1S/C70H127NO8/c1-6-8-10-12-14-16-18-20-22-24-26-27-28-29-30-31-32-33-34-35-36-37-38-39-40-41-43-44-46-48-50-52-54-56-58-60-67(72)77-64-66(65-78-70(69(74)75)76-63-62-71(3,4)5)79-68(73)61-59-57-55-53-51-49-47-45-42-25-23-21-19-17-15-13-11-9-7-2/h15,17-18,20-21,23-24,26,42,45,66,70H,6-14,16,19,22,25,27-41,43-44,46-65H2,1-5H3/b17-15-,20-18-,23-21-,26-24-,45-42-. The van der Waals surface area contributed by atoms with Crippen molar-refractivity contribution in [2.24, 2.45) is 0 Å². The number of carboxylic acid groups (broad SMARTS) is 1. The Morgan fingerprint density at radius 1 is 0.380 bits per heavy atom. The smallest absolute Gasteiger partial charge is 0.306 e.